The van der Waals surface area contributed by atoms with Gasteiger partial charge in [-0.15, -0.1) is 10.2 Å². The molecule has 0 radical (unpaired) electrons. The molecule has 0 spiro atoms. The van der Waals surface area contributed by atoms with Crippen LogP contribution in [-0.2, 0) is 18.4 Å². The molecule has 0 aliphatic carbocycles. The molecular weight excluding hydrogens is 436 g/mol. The Morgan fingerprint density at radius 2 is 1.82 bits per heavy atom. The molecule has 0 aliphatic rings. The van der Waals surface area contributed by atoms with Gasteiger partial charge in [-0.1, -0.05) is 48.2 Å². The number of carbonyl (C=O) groups is 1. The van der Waals surface area contributed by atoms with Crippen LogP contribution in [0.3, 0.4) is 0 Å². The molecule has 0 bridgehead atoms. The van der Waals surface area contributed by atoms with Crippen LogP contribution < -0.4 is 10.1 Å². The highest BCUT2D eigenvalue weighted by Crippen LogP contribution is 2.30. The Balaban J connectivity index is 1.20. The lowest BCUT2D eigenvalue weighted by Gasteiger charge is -2.08. The number of aryl methyl sites for hydroxylation is 1. The highest BCUT2D eigenvalue weighted by Gasteiger charge is 2.13. The molecule has 166 valence electrons. The maximum absolute atomic E-state index is 12.5. The van der Waals surface area contributed by atoms with E-state index in [1.165, 1.54) is 11.8 Å². The quantitative estimate of drug-likeness (QED) is 0.332. The van der Waals surface area contributed by atoms with Crippen molar-refractivity contribution in [1.29, 1.82) is 0 Å². The third-order valence-electron chi connectivity index (χ3n) is 5.37. The van der Waals surface area contributed by atoms with E-state index in [0.29, 0.717) is 23.3 Å². The molecule has 7 nitrogen and oxygen atoms in total. The smallest absolute Gasteiger partial charge is 0.234 e. The van der Waals surface area contributed by atoms with Gasteiger partial charge in [0, 0.05) is 29.6 Å². The summed E-state index contributed by atoms with van der Waals surface area (Å²) in [5.41, 5.74) is 3.33. The van der Waals surface area contributed by atoms with E-state index in [-0.39, 0.29) is 11.7 Å². The van der Waals surface area contributed by atoms with E-state index in [0.717, 1.165) is 33.3 Å². The summed E-state index contributed by atoms with van der Waals surface area (Å²) in [7, 11) is 1.87. The SMILES string of the molecule is Cc1ccccc1OCc1nnc(SCC(=O)Nc2ccc3c(c2)oc2ccccc23)n1C. The number of para-hydroxylation sites is 2. The van der Waals surface area contributed by atoms with E-state index < -0.39 is 0 Å². The number of nitrogens with zero attached hydrogens (tertiary/aromatic N) is 3. The number of rotatable bonds is 7. The van der Waals surface area contributed by atoms with Gasteiger partial charge in [-0.3, -0.25) is 4.79 Å². The Hall–Kier alpha value is -3.78. The van der Waals surface area contributed by atoms with Crippen LogP contribution in [0, 0.1) is 6.92 Å². The molecule has 1 N–H and O–H groups in total. The van der Waals surface area contributed by atoms with Crippen LogP contribution in [0.2, 0.25) is 0 Å². The van der Waals surface area contributed by atoms with E-state index in [9.17, 15) is 4.79 Å². The standard InChI is InChI=1S/C25H22N4O3S/c1-16-7-3-5-9-20(16)31-14-23-27-28-25(29(23)2)33-15-24(30)26-17-11-12-19-18-8-4-6-10-21(18)32-22(19)13-17/h3-13H,14-15H2,1-2H3,(H,26,30). The van der Waals surface area contributed by atoms with Crippen molar-refractivity contribution < 1.29 is 13.9 Å². The molecule has 3 aromatic carbocycles. The molecule has 0 saturated heterocycles. The molecule has 0 unspecified atom stereocenters. The fourth-order valence-corrected chi connectivity index (χ4v) is 4.32. The van der Waals surface area contributed by atoms with Crippen molar-refractivity contribution in [2.75, 3.05) is 11.1 Å². The third-order valence-corrected chi connectivity index (χ3v) is 6.39. The van der Waals surface area contributed by atoms with Gasteiger partial charge in [0.05, 0.1) is 5.75 Å². The number of benzene rings is 3. The normalized spacial score (nSPS) is 11.2. The summed E-state index contributed by atoms with van der Waals surface area (Å²) in [6.45, 7) is 2.30. The summed E-state index contributed by atoms with van der Waals surface area (Å²) in [4.78, 5) is 12.5. The first-order valence-corrected chi connectivity index (χ1v) is 11.5. The minimum Gasteiger partial charge on any atom is -0.485 e. The zero-order valence-electron chi connectivity index (χ0n) is 18.2. The van der Waals surface area contributed by atoms with Gasteiger partial charge in [0.2, 0.25) is 5.91 Å². The zero-order chi connectivity index (χ0) is 22.8. The number of carbonyl (C=O) groups excluding carboxylic acids is 1. The summed E-state index contributed by atoms with van der Waals surface area (Å²) in [5.74, 6) is 1.59. The number of fused-ring (bicyclic) bond motifs is 3. The molecular formula is C25H22N4O3S. The van der Waals surface area contributed by atoms with Crippen molar-refractivity contribution in [2.24, 2.45) is 7.05 Å². The van der Waals surface area contributed by atoms with Crippen LogP contribution in [0.5, 0.6) is 5.75 Å². The molecule has 2 aromatic heterocycles. The lowest BCUT2D eigenvalue weighted by Crippen LogP contribution is -2.14. The van der Waals surface area contributed by atoms with Crippen LogP contribution in [0.1, 0.15) is 11.4 Å². The molecule has 5 rings (SSSR count). The zero-order valence-corrected chi connectivity index (χ0v) is 19.1. The highest BCUT2D eigenvalue weighted by atomic mass is 32.2. The second-order valence-electron chi connectivity index (χ2n) is 7.66. The lowest BCUT2D eigenvalue weighted by atomic mass is 10.1. The van der Waals surface area contributed by atoms with Crippen molar-refractivity contribution in [3.05, 3.63) is 78.1 Å². The van der Waals surface area contributed by atoms with Gasteiger partial charge in [-0.05, 0) is 36.8 Å². The Morgan fingerprint density at radius 1 is 1.03 bits per heavy atom. The van der Waals surface area contributed by atoms with E-state index in [1.54, 1.807) is 0 Å². The number of anilines is 1. The Bertz CT molecular complexity index is 1460. The number of nitrogens with one attached hydrogen (secondary N) is 1. The van der Waals surface area contributed by atoms with Gasteiger partial charge in [0.25, 0.3) is 0 Å². The number of hydrogen-bond acceptors (Lipinski definition) is 6. The molecule has 1 amide bonds. The van der Waals surface area contributed by atoms with Crippen LogP contribution in [0.25, 0.3) is 21.9 Å². The molecule has 0 fully saturated rings. The van der Waals surface area contributed by atoms with Crippen LogP contribution in [0.15, 0.2) is 76.3 Å². The van der Waals surface area contributed by atoms with E-state index >= 15 is 0 Å². The van der Waals surface area contributed by atoms with Gasteiger partial charge in [-0.2, -0.15) is 0 Å². The maximum Gasteiger partial charge on any atom is 0.234 e. The fourth-order valence-electron chi connectivity index (χ4n) is 3.59. The summed E-state index contributed by atoms with van der Waals surface area (Å²) < 4.78 is 13.6. The van der Waals surface area contributed by atoms with Gasteiger partial charge in [0.15, 0.2) is 11.0 Å². The first-order chi connectivity index (χ1) is 16.1. The number of ether oxygens (including phenoxy) is 1. The van der Waals surface area contributed by atoms with Crippen LogP contribution in [0.4, 0.5) is 5.69 Å². The largest absolute Gasteiger partial charge is 0.485 e. The first kappa shape index (κ1) is 21.1. The van der Waals surface area contributed by atoms with E-state index in [4.69, 9.17) is 9.15 Å². The predicted molar refractivity (Wildman–Crippen MR) is 130 cm³/mol. The topological polar surface area (TPSA) is 82.2 Å². The van der Waals surface area contributed by atoms with Crippen LogP contribution >= 0.6 is 11.8 Å². The van der Waals surface area contributed by atoms with Gasteiger partial charge in [0.1, 0.15) is 23.5 Å². The molecule has 0 aliphatic heterocycles. The molecule has 2 heterocycles. The number of furan rings is 1. The second-order valence-corrected chi connectivity index (χ2v) is 8.60. The molecule has 0 saturated carbocycles. The molecule has 0 atom stereocenters. The summed E-state index contributed by atoms with van der Waals surface area (Å²) in [6, 6.07) is 21.4. The van der Waals surface area contributed by atoms with Crippen molar-refractivity contribution >= 4 is 45.3 Å². The lowest BCUT2D eigenvalue weighted by molar-refractivity contribution is -0.113. The summed E-state index contributed by atoms with van der Waals surface area (Å²) in [6.07, 6.45) is 0. The van der Waals surface area contributed by atoms with Crippen molar-refractivity contribution in [1.82, 2.24) is 14.8 Å². The van der Waals surface area contributed by atoms with Gasteiger partial charge in [-0.25, -0.2) is 0 Å². The van der Waals surface area contributed by atoms with Crippen molar-refractivity contribution in [3.8, 4) is 5.75 Å². The third kappa shape index (κ3) is 4.42. The predicted octanol–water partition coefficient (Wildman–Crippen LogP) is 5.33. The van der Waals surface area contributed by atoms with Gasteiger partial charge >= 0.3 is 0 Å². The van der Waals surface area contributed by atoms with Crippen LogP contribution in [-0.4, -0.2) is 26.4 Å². The first-order valence-electron chi connectivity index (χ1n) is 10.5. The summed E-state index contributed by atoms with van der Waals surface area (Å²) in [5, 5.41) is 14.1. The van der Waals surface area contributed by atoms with Crippen molar-refractivity contribution in [2.45, 2.75) is 18.7 Å². The second kappa shape index (κ2) is 8.99. The minimum atomic E-state index is -0.129. The summed E-state index contributed by atoms with van der Waals surface area (Å²) >= 11 is 1.33. The average Bonchev–Trinajstić information content (AvgIpc) is 3.36. The van der Waals surface area contributed by atoms with Gasteiger partial charge < -0.3 is 19.0 Å². The maximum atomic E-state index is 12.5. The molecule has 8 heteroatoms. The highest BCUT2D eigenvalue weighted by molar-refractivity contribution is 7.99. The number of amides is 1. The number of thioether (sulfide) groups is 1. The Labute approximate surface area is 194 Å². The average molecular weight is 459 g/mol. The minimum absolute atomic E-state index is 0.129. The molecule has 33 heavy (non-hydrogen) atoms. The molecule has 5 aromatic rings. The fraction of sp³-hybridized carbons (Fsp3) is 0.160. The number of aromatic nitrogens is 3. The van der Waals surface area contributed by atoms with E-state index in [1.807, 2.05) is 85.3 Å². The van der Waals surface area contributed by atoms with Crippen molar-refractivity contribution in [3.63, 3.8) is 0 Å². The Morgan fingerprint density at radius 3 is 2.70 bits per heavy atom. The van der Waals surface area contributed by atoms with E-state index in [2.05, 4.69) is 15.5 Å². The Kier molecular flexibility index (Phi) is 5.75. The number of hydrogen-bond donors (Lipinski definition) is 1. The monoisotopic (exact) mass is 458 g/mol.